The van der Waals surface area contributed by atoms with E-state index in [1.807, 2.05) is 0 Å². The van der Waals surface area contributed by atoms with E-state index in [1.54, 1.807) is 34.5 Å². The molecule has 0 spiro atoms. The molecule has 4 amide bonds. The second-order valence-corrected chi connectivity index (χ2v) is 12.7. The largest absolute Gasteiger partial charge is 0.351 e. The minimum Gasteiger partial charge on any atom is -0.351 e. The predicted octanol–water partition coefficient (Wildman–Crippen LogP) is 2.66. The highest BCUT2D eigenvalue weighted by Crippen LogP contribution is 2.32. The fourth-order valence-corrected chi connectivity index (χ4v) is 6.13. The number of carbonyl (C=O) groups excluding carboxylic acids is 3. The first-order valence-corrected chi connectivity index (χ1v) is 14.8. The minimum atomic E-state index is -4.53. The Morgan fingerprint density at radius 2 is 1.66 bits per heavy atom. The molecule has 0 aliphatic heterocycles. The van der Waals surface area contributed by atoms with Crippen LogP contribution in [0.4, 0.5) is 10.5 Å². The lowest BCUT2D eigenvalue weighted by molar-refractivity contribution is -0.119. The first kappa shape index (κ1) is 29.2. The van der Waals surface area contributed by atoms with Crippen molar-refractivity contribution in [1.29, 1.82) is 0 Å². The average Bonchev–Trinajstić information content (AvgIpc) is 3.12. The van der Waals surface area contributed by atoms with Crippen LogP contribution in [0, 0.1) is 0 Å². The van der Waals surface area contributed by atoms with Crippen LogP contribution in [-0.2, 0) is 31.9 Å². The van der Waals surface area contributed by atoms with Crippen molar-refractivity contribution >= 4 is 77.7 Å². The van der Waals surface area contributed by atoms with Crippen molar-refractivity contribution in [3.8, 4) is 0 Å². The van der Waals surface area contributed by atoms with E-state index in [-0.39, 0.29) is 20.6 Å². The van der Waals surface area contributed by atoms with Crippen LogP contribution in [0.1, 0.15) is 23.8 Å². The number of primary amides is 1. The second kappa shape index (κ2) is 10.8. The van der Waals surface area contributed by atoms with E-state index >= 15 is 0 Å². The number of amides is 4. The molecule has 0 aliphatic rings. The molecule has 0 aliphatic carbocycles. The van der Waals surface area contributed by atoms with Crippen LogP contribution in [0.3, 0.4) is 0 Å². The Hall–Kier alpha value is -3.33. The van der Waals surface area contributed by atoms with Crippen LogP contribution in [0.5, 0.6) is 0 Å². The number of carbonyl (C=O) groups is 3. The summed E-state index contributed by atoms with van der Waals surface area (Å²) in [7, 11) is -6.74. The van der Waals surface area contributed by atoms with E-state index in [2.05, 4.69) is 5.32 Å². The molecular weight excluding hydrogens is 581 g/mol. The zero-order valence-electron chi connectivity index (χ0n) is 20.2. The highest BCUT2D eigenvalue weighted by Gasteiger charge is 2.33. The molecule has 3 rings (SSSR count). The van der Waals surface area contributed by atoms with Crippen molar-refractivity contribution in [3.05, 3.63) is 58.2 Å². The number of anilines is 1. The molecule has 0 radical (unpaired) electrons. The number of aromatic nitrogens is 1. The Balaban J connectivity index is 1.82. The molecule has 0 fully saturated rings. The lowest BCUT2D eigenvalue weighted by atomic mass is 10.2. The van der Waals surface area contributed by atoms with Crippen molar-refractivity contribution in [1.82, 2.24) is 13.6 Å². The topological polar surface area (TPSA) is 178 Å². The van der Waals surface area contributed by atoms with E-state index in [4.69, 9.17) is 28.9 Å². The fraction of sp³-hybridized carbons (Fsp3) is 0.227. The Morgan fingerprint density at radius 1 is 1.05 bits per heavy atom. The molecule has 204 valence electrons. The van der Waals surface area contributed by atoms with Gasteiger partial charge >= 0.3 is 6.03 Å². The lowest BCUT2D eigenvalue weighted by Gasteiger charge is -2.26. The number of nitrogens with two attached hydrogens (primary N) is 1. The van der Waals surface area contributed by atoms with Crippen LogP contribution < -0.4 is 15.8 Å². The highest BCUT2D eigenvalue weighted by molar-refractivity contribution is 7.89. The molecule has 0 saturated heterocycles. The number of sulfonamides is 2. The average molecular weight is 604 g/mol. The van der Waals surface area contributed by atoms with Gasteiger partial charge in [-0.1, -0.05) is 23.2 Å². The van der Waals surface area contributed by atoms with Crippen LogP contribution in [0.2, 0.25) is 10.0 Å². The van der Waals surface area contributed by atoms with Gasteiger partial charge < -0.3 is 15.6 Å². The van der Waals surface area contributed by atoms with E-state index in [1.165, 1.54) is 19.1 Å². The van der Waals surface area contributed by atoms with Gasteiger partial charge in [-0.05, 0) is 49.4 Å². The molecule has 2 aromatic carbocycles. The van der Waals surface area contributed by atoms with Gasteiger partial charge in [0.1, 0.15) is 5.69 Å². The van der Waals surface area contributed by atoms with Gasteiger partial charge in [0.05, 0.1) is 27.2 Å². The molecule has 12 nitrogen and oxygen atoms in total. The molecule has 1 unspecified atom stereocenters. The third kappa shape index (κ3) is 6.20. The van der Waals surface area contributed by atoms with E-state index in [0.29, 0.717) is 20.9 Å². The third-order valence-corrected chi connectivity index (χ3v) is 8.76. The third-order valence-electron chi connectivity index (χ3n) is 5.41. The van der Waals surface area contributed by atoms with Crippen molar-refractivity contribution in [2.24, 2.45) is 12.8 Å². The van der Waals surface area contributed by atoms with E-state index < -0.39 is 50.4 Å². The van der Waals surface area contributed by atoms with Gasteiger partial charge in [0.2, 0.25) is 15.9 Å². The molecule has 4 N–H and O–H groups in total. The summed E-state index contributed by atoms with van der Waals surface area (Å²) in [5.74, 6) is -1.52. The lowest BCUT2D eigenvalue weighted by Crippen LogP contribution is -2.48. The van der Waals surface area contributed by atoms with Crippen LogP contribution in [0.15, 0.2) is 47.4 Å². The van der Waals surface area contributed by atoms with Gasteiger partial charge in [-0.15, -0.1) is 0 Å². The second-order valence-electron chi connectivity index (χ2n) is 8.35. The van der Waals surface area contributed by atoms with Gasteiger partial charge in [0.15, 0.2) is 0 Å². The summed E-state index contributed by atoms with van der Waals surface area (Å²) in [6.07, 6.45) is 0.104. The van der Waals surface area contributed by atoms with Crippen molar-refractivity contribution in [2.75, 3.05) is 11.6 Å². The highest BCUT2D eigenvalue weighted by atomic mass is 35.5. The first-order chi connectivity index (χ1) is 17.5. The molecule has 0 saturated carbocycles. The normalized spacial score (nSPS) is 12.7. The monoisotopic (exact) mass is 603 g/mol. The zero-order valence-corrected chi connectivity index (χ0v) is 23.4. The van der Waals surface area contributed by atoms with Gasteiger partial charge in [0, 0.05) is 30.1 Å². The van der Waals surface area contributed by atoms with Crippen LogP contribution in [0.25, 0.3) is 10.9 Å². The van der Waals surface area contributed by atoms with E-state index in [9.17, 15) is 31.2 Å². The summed E-state index contributed by atoms with van der Waals surface area (Å²) >= 11 is 12.3. The number of fused-ring (bicyclic) bond motifs is 1. The first-order valence-electron chi connectivity index (χ1n) is 10.7. The molecule has 16 heteroatoms. The Morgan fingerprint density at radius 3 is 2.21 bits per heavy atom. The Labute approximate surface area is 228 Å². The van der Waals surface area contributed by atoms with Gasteiger partial charge in [-0.2, -0.15) is 0 Å². The van der Waals surface area contributed by atoms with Crippen LogP contribution in [-0.4, -0.2) is 55.9 Å². The quantitative estimate of drug-likeness (QED) is 0.354. The molecule has 0 bridgehead atoms. The molecule has 3 aromatic rings. The van der Waals surface area contributed by atoms with Crippen molar-refractivity contribution in [3.63, 3.8) is 0 Å². The number of urea groups is 1. The number of benzene rings is 2. The van der Waals surface area contributed by atoms with Crippen LogP contribution >= 0.6 is 23.2 Å². The predicted molar refractivity (Wildman–Crippen MR) is 143 cm³/mol. The number of hydrogen-bond acceptors (Lipinski definition) is 7. The van der Waals surface area contributed by atoms with E-state index in [0.717, 1.165) is 18.4 Å². The van der Waals surface area contributed by atoms with Crippen molar-refractivity contribution < 1.29 is 31.2 Å². The Kier molecular flexibility index (Phi) is 8.31. The molecule has 1 heterocycles. The number of nitrogens with zero attached hydrogens (tertiary/aromatic N) is 2. The summed E-state index contributed by atoms with van der Waals surface area (Å²) in [5.41, 5.74) is 6.46. The van der Waals surface area contributed by atoms with Crippen molar-refractivity contribution in [2.45, 2.75) is 24.3 Å². The minimum absolute atomic E-state index is 0.245. The summed E-state index contributed by atoms with van der Waals surface area (Å²) in [6.45, 7) is 1.22. The smallest absolute Gasteiger partial charge is 0.328 e. The maximum absolute atomic E-state index is 13.1. The number of hydrogen-bond donors (Lipinski definition) is 3. The Bertz CT molecular complexity index is 1650. The number of rotatable bonds is 8. The molecule has 1 atom stereocenters. The molecule has 38 heavy (non-hydrogen) atoms. The SMILES string of the molecule is CC(CC(=O)NS(C)(=O)=O)N(C(N)=O)S(=O)(=O)c1ccc(NC(=O)c2cc3c(Cl)c(Cl)ccc3n2C)cc1. The summed E-state index contributed by atoms with van der Waals surface area (Å²) in [4.78, 5) is 36.5. The number of aryl methyl sites for hydroxylation is 1. The molecule has 1 aromatic heterocycles. The number of nitrogens with one attached hydrogen (secondary N) is 2. The zero-order chi connectivity index (χ0) is 28.6. The number of halogens is 2. The van der Waals surface area contributed by atoms with Gasteiger partial charge in [-0.25, -0.2) is 25.9 Å². The molecular formula is C22H23Cl2N5O7S2. The van der Waals surface area contributed by atoms with Gasteiger partial charge in [-0.3, -0.25) is 14.3 Å². The summed E-state index contributed by atoms with van der Waals surface area (Å²) < 4.78 is 52.3. The summed E-state index contributed by atoms with van der Waals surface area (Å²) in [5, 5.41) is 3.87. The maximum atomic E-state index is 13.1. The van der Waals surface area contributed by atoms with Gasteiger partial charge in [0.25, 0.3) is 15.9 Å². The summed E-state index contributed by atoms with van der Waals surface area (Å²) in [6, 6.07) is 7.13. The maximum Gasteiger partial charge on any atom is 0.328 e. The standard InChI is InChI=1S/C22H23Cl2N5O7S2/c1-12(10-19(30)27-37(3,33)34)29(22(25)32)38(35,36)14-6-4-13(5-7-14)26-21(31)18-11-15-17(28(18)2)9-8-16(23)20(15)24/h4-9,11-12H,10H2,1-3H3,(H2,25,32)(H,26,31)(H,27,30). The fourth-order valence-electron chi connectivity index (χ4n) is 3.76.